The van der Waals surface area contributed by atoms with E-state index in [4.69, 9.17) is 11.6 Å². The van der Waals surface area contributed by atoms with Crippen LogP contribution < -0.4 is 5.56 Å². The highest BCUT2D eigenvalue weighted by Crippen LogP contribution is 2.24. The van der Waals surface area contributed by atoms with E-state index in [-0.39, 0.29) is 5.56 Å². The molecule has 0 aliphatic rings. The van der Waals surface area contributed by atoms with Crippen molar-refractivity contribution >= 4 is 34.3 Å². The van der Waals surface area contributed by atoms with Crippen LogP contribution in [-0.4, -0.2) is 9.55 Å². The third kappa shape index (κ3) is 3.65. The third-order valence-electron chi connectivity index (χ3n) is 3.82. The van der Waals surface area contributed by atoms with Crippen LogP contribution in [0.2, 0.25) is 5.02 Å². The average molecular weight is 359 g/mol. The first-order valence-corrected chi connectivity index (χ1v) is 9.33. The van der Waals surface area contributed by atoms with Crippen LogP contribution in [-0.2, 0) is 12.3 Å². The van der Waals surface area contributed by atoms with Crippen LogP contribution in [0.5, 0.6) is 0 Å². The lowest BCUT2D eigenvalue weighted by atomic mass is 10.2. The summed E-state index contributed by atoms with van der Waals surface area (Å²) in [6.07, 6.45) is 0.888. The zero-order valence-electron chi connectivity index (χ0n) is 13.8. The molecular formula is C19H19ClN2OS. The number of benzene rings is 2. The minimum atomic E-state index is 0.00456. The lowest BCUT2D eigenvalue weighted by Gasteiger charge is -2.12. The Morgan fingerprint density at radius 1 is 1.17 bits per heavy atom. The number of rotatable bonds is 5. The zero-order valence-corrected chi connectivity index (χ0v) is 15.3. The number of nitrogens with zero attached hydrogens (tertiary/aromatic N) is 2. The second-order valence-corrected chi connectivity index (χ2v) is 7.17. The van der Waals surface area contributed by atoms with Crippen LogP contribution in [0.4, 0.5) is 0 Å². The predicted octanol–water partition coefficient (Wildman–Crippen LogP) is 5.06. The topological polar surface area (TPSA) is 34.9 Å². The molecule has 5 heteroatoms. The van der Waals surface area contributed by atoms with Crippen molar-refractivity contribution in [2.24, 2.45) is 0 Å². The minimum Gasteiger partial charge on any atom is -0.287 e. The molecule has 0 bridgehead atoms. The van der Waals surface area contributed by atoms with E-state index in [1.807, 2.05) is 0 Å². The highest BCUT2D eigenvalue weighted by atomic mass is 35.5. The Labute approximate surface area is 150 Å². The highest BCUT2D eigenvalue weighted by molar-refractivity contribution is 7.98. The summed E-state index contributed by atoms with van der Waals surface area (Å²) in [6, 6.07) is 13.7. The van der Waals surface area contributed by atoms with Gasteiger partial charge >= 0.3 is 0 Å². The van der Waals surface area contributed by atoms with Crippen molar-refractivity contribution in [3.05, 3.63) is 69.0 Å². The first-order chi connectivity index (χ1) is 11.6. The van der Waals surface area contributed by atoms with Crippen molar-refractivity contribution in [3.63, 3.8) is 0 Å². The van der Waals surface area contributed by atoms with Crippen molar-refractivity contribution in [2.75, 3.05) is 0 Å². The van der Waals surface area contributed by atoms with Crippen LogP contribution >= 0.6 is 23.4 Å². The second-order valence-electron chi connectivity index (χ2n) is 5.79. The van der Waals surface area contributed by atoms with Gasteiger partial charge in [-0.25, -0.2) is 4.98 Å². The summed E-state index contributed by atoms with van der Waals surface area (Å²) in [7, 11) is 0. The molecule has 0 spiro atoms. The van der Waals surface area contributed by atoms with Crippen molar-refractivity contribution in [1.29, 1.82) is 0 Å². The summed E-state index contributed by atoms with van der Waals surface area (Å²) in [5, 5.41) is 1.96. The van der Waals surface area contributed by atoms with Gasteiger partial charge in [0.25, 0.3) is 5.56 Å². The van der Waals surface area contributed by atoms with E-state index in [0.29, 0.717) is 22.5 Å². The molecule has 2 aromatic carbocycles. The third-order valence-corrected chi connectivity index (χ3v) is 5.10. The van der Waals surface area contributed by atoms with E-state index in [9.17, 15) is 4.79 Å². The fraction of sp³-hybridized carbons (Fsp3) is 0.263. The first-order valence-electron chi connectivity index (χ1n) is 7.97. The first kappa shape index (κ1) is 17.1. The monoisotopic (exact) mass is 358 g/mol. The molecule has 24 heavy (non-hydrogen) atoms. The van der Waals surface area contributed by atoms with Gasteiger partial charge in [0.2, 0.25) is 0 Å². The lowest BCUT2D eigenvalue weighted by Crippen LogP contribution is -2.23. The molecule has 0 fully saturated rings. The summed E-state index contributed by atoms with van der Waals surface area (Å²) in [5.74, 6) is 0.780. The van der Waals surface area contributed by atoms with Crippen LogP contribution in [0, 0.1) is 6.92 Å². The smallest absolute Gasteiger partial charge is 0.262 e. The number of fused-ring (bicyclic) bond motifs is 1. The summed E-state index contributed by atoms with van der Waals surface area (Å²) in [4.78, 5) is 17.5. The van der Waals surface area contributed by atoms with Gasteiger partial charge in [-0.2, -0.15) is 0 Å². The molecule has 0 saturated carbocycles. The summed E-state index contributed by atoms with van der Waals surface area (Å²) >= 11 is 7.65. The summed E-state index contributed by atoms with van der Waals surface area (Å²) in [5.41, 5.74) is 3.12. The molecular weight excluding hydrogens is 340 g/mol. The van der Waals surface area contributed by atoms with Gasteiger partial charge in [-0.15, -0.1) is 0 Å². The maximum Gasteiger partial charge on any atom is 0.262 e. The molecule has 0 atom stereocenters. The Kier molecular flexibility index (Phi) is 5.27. The Bertz CT molecular complexity index is 919. The van der Waals surface area contributed by atoms with Gasteiger partial charge in [-0.1, -0.05) is 60.1 Å². The second kappa shape index (κ2) is 7.41. The summed E-state index contributed by atoms with van der Waals surface area (Å²) in [6.45, 7) is 4.80. The molecule has 0 radical (unpaired) electrons. The normalized spacial score (nSPS) is 11.1. The molecule has 3 rings (SSSR count). The molecule has 3 aromatic rings. The van der Waals surface area contributed by atoms with Crippen LogP contribution in [0.3, 0.4) is 0 Å². The van der Waals surface area contributed by atoms with E-state index >= 15 is 0 Å². The van der Waals surface area contributed by atoms with E-state index in [0.717, 1.165) is 17.3 Å². The maximum atomic E-state index is 12.8. The van der Waals surface area contributed by atoms with Crippen LogP contribution in [0.15, 0.2) is 52.4 Å². The highest BCUT2D eigenvalue weighted by Gasteiger charge is 2.11. The molecule has 3 nitrogen and oxygen atoms in total. The van der Waals surface area contributed by atoms with Gasteiger partial charge in [0.1, 0.15) is 0 Å². The molecule has 0 amide bonds. The standard InChI is InChI=1S/C19H19ClN2OS/c1-3-10-22-18(23)16-9-8-15(20)11-17(16)21-19(22)24-12-14-6-4-13(2)5-7-14/h4-9,11H,3,10,12H2,1-2H3. The van der Waals surface area contributed by atoms with Crippen molar-refractivity contribution < 1.29 is 0 Å². The Morgan fingerprint density at radius 3 is 2.62 bits per heavy atom. The molecule has 0 unspecified atom stereocenters. The van der Waals surface area contributed by atoms with Gasteiger partial charge in [0.15, 0.2) is 5.16 Å². The molecule has 124 valence electrons. The number of hydrogen-bond donors (Lipinski definition) is 0. The zero-order chi connectivity index (χ0) is 17.1. The fourth-order valence-electron chi connectivity index (χ4n) is 2.54. The number of halogens is 1. The van der Waals surface area contributed by atoms with Gasteiger partial charge in [0, 0.05) is 17.3 Å². The fourth-order valence-corrected chi connectivity index (χ4v) is 3.68. The lowest BCUT2D eigenvalue weighted by molar-refractivity contribution is 0.585. The molecule has 0 saturated heterocycles. The quantitative estimate of drug-likeness (QED) is 0.472. The van der Waals surface area contributed by atoms with E-state index in [2.05, 4.69) is 43.1 Å². The number of hydrogen-bond acceptors (Lipinski definition) is 3. The average Bonchev–Trinajstić information content (AvgIpc) is 2.57. The molecule has 1 aromatic heterocycles. The molecule has 0 aliphatic carbocycles. The summed E-state index contributed by atoms with van der Waals surface area (Å²) < 4.78 is 1.77. The number of aryl methyl sites for hydroxylation is 1. The SMILES string of the molecule is CCCn1c(SCc2ccc(C)cc2)nc2cc(Cl)ccc2c1=O. The Hall–Kier alpha value is -1.78. The van der Waals surface area contributed by atoms with Gasteiger partial charge in [-0.3, -0.25) is 9.36 Å². The Morgan fingerprint density at radius 2 is 1.92 bits per heavy atom. The minimum absolute atomic E-state index is 0.00456. The van der Waals surface area contributed by atoms with E-state index < -0.39 is 0 Å². The van der Waals surface area contributed by atoms with Gasteiger partial charge < -0.3 is 0 Å². The molecule has 0 aliphatic heterocycles. The van der Waals surface area contributed by atoms with Crippen molar-refractivity contribution in [3.8, 4) is 0 Å². The van der Waals surface area contributed by atoms with E-state index in [1.54, 1.807) is 34.5 Å². The largest absolute Gasteiger partial charge is 0.287 e. The molecule has 1 heterocycles. The van der Waals surface area contributed by atoms with Crippen molar-refractivity contribution in [1.82, 2.24) is 9.55 Å². The van der Waals surface area contributed by atoms with Gasteiger partial charge in [-0.05, 0) is 37.1 Å². The van der Waals surface area contributed by atoms with Crippen LogP contribution in [0.25, 0.3) is 10.9 Å². The molecule has 0 N–H and O–H groups in total. The van der Waals surface area contributed by atoms with Gasteiger partial charge in [0.05, 0.1) is 10.9 Å². The van der Waals surface area contributed by atoms with Crippen molar-refractivity contribution in [2.45, 2.75) is 37.7 Å². The Balaban J connectivity index is 1.99. The van der Waals surface area contributed by atoms with E-state index in [1.165, 1.54) is 11.1 Å². The predicted molar refractivity (Wildman–Crippen MR) is 102 cm³/mol. The maximum absolute atomic E-state index is 12.8. The van der Waals surface area contributed by atoms with Crippen LogP contribution in [0.1, 0.15) is 24.5 Å². The number of aromatic nitrogens is 2. The number of thioether (sulfide) groups is 1.